The Kier molecular flexibility index (Phi) is 11.5. The van der Waals surface area contributed by atoms with E-state index < -0.39 is 23.8 Å². The number of rotatable bonds is 14. The van der Waals surface area contributed by atoms with Gasteiger partial charge in [-0.25, -0.2) is 8.78 Å². The van der Waals surface area contributed by atoms with Crippen molar-refractivity contribution < 1.29 is 23.5 Å². The van der Waals surface area contributed by atoms with Crippen molar-refractivity contribution in [1.29, 1.82) is 0 Å². The zero-order chi connectivity index (χ0) is 30.1. The van der Waals surface area contributed by atoms with Gasteiger partial charge in [0.1, 0.15) is 16.6 Å². The van der Waals surface area contributed by atoms with Crippen LogP contribution in [0.5, 0.6) is 0 Å². The first-order valence-corrected chi connectivity index (χ1v) is 15.4. The summed E-state index contributed by atoms with van der Waals surface area (Å²) in [4.78, 5) is 27.5. The maximum absolute atomic E-state index is 13.6. The predicted molar refractivity (Wildman–Crippen MR) is 159 cm³/mol. The second kappa shape index (κ2) is 15.3. The molecular weight excluding hydrogens is 560 g/mol. The van der Waals surface area contributed by atoms with E-state index >= 15 is 0 Å². The number of nitrogens with two attached hydrogens (primary N) is 1. The third-order valence-corrected chi connectivity index (χ3v) is 8.50. The molecule has 4 rings (SSSR count). The van der Waals surface area contributed by atoms with Crippen LogP contribution in [0.4, 0.5) is 13.9 Å². The van der Waals surface area contributed by atoms with Gasteiger partial charge >= 0.3 is 0 Å². The SMILES string of the molecule is CCc1cccc(CN(C[C@@H](O)[C@@H](N)Cc2cc(F)cc(F)c2)C(=O)CCC(=O)Nc2nnc(CC3CCCC3)s2)c1. The smallest absolute Gasteiger partial charge is 0.226 e. The molecule has 0 spiro atoms. The lowest BCUT2D eigenvalue weighted by Gasteiger charge is -2.28. The molecule has 2 atom stereocenters. The number of nitrogens with one attached hydrogen (secondary N) is 1. The Morgan fingerprint density at radius 3 is 2.50 bits per heavy atom. The minimum atomic E-state index is -1.16. The number of aliphatic hydroxyl groups excluding tert-OH is 1. The molecule has 0 bridgehead atoms. The van der Waals surface area contributed by atoms with Crippen LogP contribution < -0.4 is 11.1 Å². The van der Waals surface area contributed by atoms with Crippen LogP contribution >= 0.6 is 11.3 Å². The molecule has 4 N–H and O–H groups in total. The van der Waals surface area contributed by atoms with E-state index in [1.807, 2.05) is 31.2 Å². The Morgan fingerprint density at radius 2 is 1.79 bits per heavy atom. The summed E-state index contributed by atoms with van der Waals surface area (Å²) in [6, 6.07) is 10.0. The van der Waals surface area contributed by atoms with Gasteiger partial charge in [0, 0.05) is 44.5 Å². The van der Waals surface area contributed by atoms with Gasteiger partial charge in [-0.3, -0.25) is 9.59 Å². The average Bonchev–Trinajstić information content (AvgIpc) is 3.63. The molecule has 3 aromatic rings. The summed E-state index contributed by atoms with van der Waals surface area (Å²) in [5.41, 5.74) is 8.49. The molecule has 11 heteroatoms. The zero-order valence-electron chi connectivity index (χ0n) is 23.9. The molecule has 1 saturated carbocycles. The number of aliphatic hydroxyl groups is 1. The number of hydrogen-bond donors (Lipinski definition) is 3. The van der Waals surface area contributed by atoms with Crippen molar-refractivity contribution in [2.24, 2.45) is 11.7 Å². The van der Waals surface area contributed by atoms with Crippen LogP contribution in [0.2, 0.25) is 0 Å². The number of hydrogen-bond acceptors (Lipinski definition) is 7. The summed E-state index contributed by atoms with van der Waals surface area (Å²) in [6.45, 7) is 2.15. The first-order chi connectivity index (χ1) is 20.2. The first kappa shape index (κ1) is 31.7. The molecule has 1 aromatic heterocycles. The molecule has 0 unspecified atom stereocenters. The van der Waals surface area contributed by atoms with E-state index in [1.165, 1.54) is 54.1 Å². The highest BCUT2D eigenvalue weighted by Crippen LogP contribution is 2.29. The van der Waals surface area contributed by atoms with Crippen LogP contribution in [0.25, 0.3) is 0 Å². The quantitative estimate of drug-likeness (QED) is 0.245. The molecule has 1 fully saturated rings. The van der Waals surface area contributed by atoms with Gasteiger partial charge in [-0.05, 0) is 47.6 Å². The molecule has 8 nitrogen and oxygen atoms in total. The molecule has 2 amide bonds. The highest BCUT2D eigenvalue weighted by Gasteiger charge is 2.24. The number of carbonyl (C=O) groups is 2. The summed E-state index contributed by atoms with van der Waals surface area (Å²) in [7, 11) is 0. The summed E-state index contributed by atoms with van der Waals surface area (Å²) in [5, 5.41) is 23.2. The number of halogens is 2. The zero-order valence-corrected chi connectivity index (χ0v) is 24.7. The fourth-order valence-electron chi connectivity index (χ4n) is 5.33. The van der Waals surface area contributed by atoms with Gasteiger partial charge in [-0.1, -0.05) is 68.2 Å². The Morgan fingerprint density at radius 1 is 1.07 bits per heavy atom. The first-order valence-electron chi connectivity index (χ1n) is 14.5. The molecule has 226 valence electrons. The van der Waals surface area contributed by atoms with E-state index in [4.69, 9.17) is 5.73 Å². The Bertz CT molecular complexity index is 1330. The minimum Gasteiger partial charge on any atom is -0.390 e. The monoisotopic (exact) mass is 599 g/mol. The molecular formula is C31H39F2N5O3S. The van der Waals surface area contributed by atoms with Crippen LogP contribution in [-0.4, -0.2) is 50.7 Å². The number of nitrogens with zero attached hydrogens (tertiary/aromatic N) is 3. The highest BCUT2D eigenvalue weighted by atomic mass is 32.1. The van der Waals surface area contributed by atoms with E-state index in [2.05, 4.69) is 15.5 Å². The normalized spacial score (nSPS) is 15.0. The lowest BCUT2D eigenvalue weighted by Crippen LogP contribution is -2.46. The maximum atomic E-state index is 13.6. The van der Waals surface area contributed by atoms with E-state index in [1.54, 1.807) is 0 Å². The van der Waals surface area contributed by atoms with Crippen LogP contribution in [-0.2, 0) is 35.4 Å². The second-order valence-corrected chi connectivity index (χ2v) is 12.1. The Hall–Kier alpha value is -3.28. The van der Waals surface area contributed by atoms with E-state index in [0.29, 0.717) is 16.6 Å². The molecule has 0 saturated heterocycles. The van der Waals surface area contributed by atoms with Crippen LogP contribution in [0, 0.1) is 17.6 Å². The maximum Gasteiger partial charge on any atom is 0.226 e. The van der Waals surface area contributed by atoms with Crippen molar-refractivity contribution >= 4 is 28.3 Å². The third-order valence-electron chi connectivity index (χ3n) is 7.64. The van der Waals surface area contributed by atoms with Crippen molar-refractivity contribution in [3.63, 3.8) is 0 Å². The van der Waals surface area contributed by atoms with Gasteiger partial charge in [-0.2, -0.15) is 0 Å². The number of amides is 2. The topological polar surface area (TPSA) is 121 Å². The number of benzene rings is 2. The summed E-state index contributed by atoms with van der Waals surface area (Å²) in [6.07, 6.45) is 5.32. The number of carbonyl (C=O) groups excluding carboxylic acids is 2. The van der Waals surface area contributed by atoms with Gasteiger partial charge in [0.25, 0.3) is 0 Å². The standard InChI is InChI=1S/C31H39F2N5O3S/c1-2-20-8-5-9-22(12-20)18-38(19-27(39)26(34)15-23-13-24(32)17-25(33)14-23)30(41)11-10-28(40)35-31-37-36-29(42-31)16-21-6-3-4-7-21/h5,8-9,12-14,17,21,26-27,39H,2-4,6-7,10-11,15-16,18-19,34H2,1H3,(H,35,37,40)/t26-,27+/m0/s1. The number of aryl methyl sites for hydroxylation is 1. The van der Waals surface area contributed by atoms with Gasteiger partial charge in [0.05, 0.1) is 6.10 Å². The number of aromatic nitrogens is 2. The highest BCUT2D eigenvalue weighted by molar-refractivity contribution is 7.15. The lowest BCUT2D eigenvalue weighted by molar-refractivity contribution is -0.135. The van der Waals surface area contributed by atoms with Crippen molar-refractivity contribution in [3.8, 4) is 0 Å². The molecule has 0 aliphatic heterocycles. The van der Waals surface area contributed by atoms with Crippen LogP contribution in [0.15, 0.2) is 42.5 Å². The average molecular weight is 600 g/mol. The molecule has 2 aromatic carbocycles. The summed E-state index contributed by atoms with van der Waals surface area (Å²) in [5.74, 6) is -1.49. The minimum absolute atomic E-state index is 0.0240. The predicted octanol–water partition coefficient (Wildman–Crippen LogP) is 4.79. The summed E-state index contributed by atoms with van der Waals surface area (Å²) < 4.78 is 27.3. The van der Waals surface area contributed by atoms with Crippen molar-refractivity contribution in [2.75, 3.05) is 11.9 Å². The molecule has 42 heavy (non-hydrogen) atoms. The van der Waals surface area contributed by atoms with Gasteiger partial charge in [0.2, 0.25) is 16.9 Å². The Labute approximate surface area is 249 Å². The number of anilines is 1. The van der Waals surface area contributed by atoms with Crippen LogP contribution in [0.1, 0.15) is 67.1 Å². The molecule has 1 aliphatic rings. The van der Waals surface area contributed by atoms with E-state index in [0.717, 1.165) is 35.0 Å². The van der Waals surface area contributed by atoms with Gasteiger partial charge in [0.15, 0.2) is 0 Å². The third kappa shape index (κ3) is 9.64. The molecule has 1 heterocycles. The molecule has 1 aliphatic carbocycles. The second-order valence-electron chi connectivity index (χ2n) is 11.1. The van der Waals surface area contributed by atoms with Crippen LogP contribution in [0.3, 0.4) is 0 Å². The van der Waals surface area contributed by atoms with Gasteiger partial charge < -0.3 is 21.1 Å². The van der Waals surface area contributed by atoms with Crippen molar-refractivity contribution in [3.05, 3.63) is 75.8 Å². The fraction of sp³-hybridized carbons (Fsp3) is 0.484. The van der Waals surface area contributed by atoms with E-state index in [-0.39, 0.29) is 44.2 Å². The summed E-state index contributed by atoms with van der Waals surface area (Å²) >= 11 is 1.36. The Balaban J connectivity index is 1.36. The van der Waals surface area contributed by atoms with E-state index in [9.17, 15) is 23.5 Å². The van der Waals surface area contributed by atoms with Gasteiger partial charge in [-0.15, -0.1) is 10.2 Å². The fourth-order valence-corrected chi connectivity index (χ4v) is 6.20. The van der Waals surface area contributed by atoms with Crippen molar-refractivity contribution in [1.82, 2.24) is 15.1 Å². The largest absolute Gasteiger partial charge is 0.390 e. The molecule has 0 radical (unpaired) electrons. The lowest BCUT2D eigenvalue weighted by atomic mass is 10.0. The van der Waals surface area contributed by atoms with Crippen molar-refractivity contribution in [2.45, 2.75) is 83.4 Å².